The van der Waals surface area contributed by atoms with E-state index in [0.29, 0.717) is 16.6 Å². The van der Waals surface area contributed by atoms with Crippen LogP contribution in [-0.2, 0) is 7.05 Å². The molecule has 17 heavy (non-hydrogen) atoms. The van der Waals surface area contributed by atoms with Gasteiger partial charge in [-0.3, -0.25) is 0 Å². The molecule has 2 aromatic heterocycles. The summed E-state index contributed by atoms with van der Waals surface area (Å²) >= 11 is 5.97. The van der Waals surface area contributed by atoms with Gasteiger partial charge in [0.25, 0.3) is 0 Å². The summed E-state index contributed by atoms with van der Waals surface area (Å²) in [7, 11) is 1.96. The monoisotopic (exact) mass is 247 g/mol. The van der Waals surface area contributed by atoms with Gasteiger partial charge < -0.3 is 14.8 Å². The van der Waals surface area contributed by atoms with Crippen LogP contribution in [0.2, 0.25) is 5.02 Å². The Labute approximate surface area is 103 Å². The van der Waals surface area contributed by atoms with E-state index in [1.54, 1.807) is 6.07 Å². The Balaban J connectivity index is 2.27. The molecule has 2 heterocycles. The highest BCUT2D eigenvalue weighted by molar-refractivity contribution is 6.31. The van der Waals surface area contributed by atoms with Gasteiger partial charge in [-0.2, -0.15) is 0 Å². The first-order chi connectivity index (χ1) is 8.15. The first-order valence-corrected chi connectivity index (χ1v) is 5.50. The van der Waals surface area contributed by atoms with E-state index in [9.17, 15) is 0 Å². The maximum atomic E-state index is 5.97. The molecule has 0 bridgehead atoms. The molecule has 3 rings (SSSR count). The van der Waals surface area contributed by atoms with Crippen LogP contribution in [0.4, 0.5) is 5.82 Å². The summed E-state index contributed by atoms with van der Waals surface area (Å²) in [4.78, 5) is 0. The van der Waals surface area contributed by atoms with Crippen molar-refractivity contribution in [2.75, 3.05) is 5.73 Å². The second-order valence-corrected chi connectivity index (χ2v) is 4.34. The number of aryl methyl sites for hydroxylation is 1. The lowest BCUT2D eigenvalue weighted by atomic mass is 10.2. The topological polar surface area (TPSA) is 57.0 Å². The lowest BCUT2D eigenvalue weighted by Crippen LogP contribution is -1.89. The van der Waals surface area contributed by atoms with Gasteiger partial charge in [-0.15, -0.1) is 0 Å². The molecule has 4 nitrogen and oxygen atoms in total. The first kappa shape index (κ1) is 10.2. The van der Waals surface area contributed by atoms with Gasteiger partial charge in [0.1, 0.15) is 0 Å². The van der Waals surface area contributed by atoms with Crippen molar-refractivity contribution in [2.24, 2.45) is 7.05 Å². The van der Waals surface area contributed by atoms with Crippen LogP contribution >= 0.6 is 11.6 Å². The van der Waals surface area contributed by atoms with Crippen LogP contribution in [0.5, 0.6) is 0 Å². The third kappa shape index (κ3) is 1.57. The average molecular weight is 248 g/mol. The molecule has 0 saturated carbocycles. The Hall–Kier alpha value is -1.94. The van der Waals surface area contributed by atoms with E-state index >= 15 is 0 Å². The van der Waals surface area contributed by atoms with E-state index in [0.717, 1.165) is 16.6 Å². The largest absolute Gasteiger partial charge is 0.381 e. The van der Waals surface area contributed by atoms with E-state index in [1.807, 2.05) is 35.9 Å². The zero-order valence-electron chi connectivity index (χ0n) is 9.14. The number of aromatic nitrogens is 2. The van der Waals surface area contributed by atoms with Crippen molar-refractivity contribution >= 4 is 28.3 Å². The molecule has 0 unspecified atom stereocenters. The lowest BCUT2D eigenvalue weighted by Gasteiger charge is -1.99. The first-order valence-electron chi connectivity index (χ1n) is 5.13. The van der Waals surface area contributed by atoms with E-state index in [-0.39, 0.29) is 0 Å². The van der Waals surface area contributed by atoms with Gasteiger partial charge in [0.15, 0.2) is 11.6 Å². The molecule has 0 aliphatic heterocycles. The van der Waals surface area contributed by atoms with Crippen molar-refractivity contribution in [1.29, 1.82) is 0 Å². The minimum absolute atomic E-state index is 0.378. The standard InChI is InChI=1S/C12H10ClN3O/c1-16-9-3-2-8(13)4-7(9)5-10(16)11-6-12(14)15-17-11/h2-6H,1H3,(H2,14,15). The molecule has 3 aromatic rings. The normalized spacial score (nSPS) is 11.2. The molecule has 0 amide bonds. The van der Waals surface area contributed by atoms with Crippen molar-refractivity contribution in [3.05, 3.63) is 35.4 Å². The average Bonchev–Trinajstić information content (AvgIpc) is 2.83. The Kier molecular flexibility index (Phi) is 2.12. The Morgan fingerprint density at radius 1 is 1.29 bits per heavy atom. The van der Waals surface area contributed by atoms with E-state index < -0.39 is 0 Å². The van der Waals surface area contributed by atoms with Gasteiger partial charge in [-0.1, -0.05) is 16.8 Å². The number of halogens is 1. The van der Waals surface area contributed by atoms with Crippen LogP contribution in [0.15, 0.2) is 34.9 Å². The van der Waals surface area contributed by atoms with Gasteiger partial charge in [-0.05, 0) is 24.3 Å². The van der Waals surface area contributed by atoms with E-state index in [4.69, 9.17) is 21.9 Å². The molecule has 86 valence electrons. The molecule has 0 radical (unpaired) electrons. The number of nitrogens with zero attached hydrogens (tertiary/aromatic N) is 2. The number of hydrogen-bond acceptors (Lipinski definition) is 3. The highest BCUT2D eigenvalue weighted by atomic mass is 35.5. The van der Waals surface area contributed by atoms with Gasteiger partial charge in [0.05, 0.1) is 5.69 Å². The van der Waals surface area contributed by atoms with Crippen LogP contribution in [0.3, 0.4) is 0 Å². The molecular weight excluding hydrogens is 238 g/mol. The van der Waals surface area contributed by atoms with Gasteiger partial charge in [0, 0.05) is 29.0 Å². The molecule has 2 N–H and O–H groups in total. The lowest BCUT2D eigenvalue weighted by molar-refractivity contribution is 0.433. The Morgan fingerprint density at radius 3 is 2.82 bits per heavy atom. The predicted molar refractivity (Wildman–Crippen MR) is 67.8 cm³/mol. The van der Waals surface area contributed by atoms with Crippen molar-refractivity contribution in [3.63, 3.8) is 0 Å². The molecule has 1 aromatic carbocycles. The molecular formula is C12H10ClN3O. The summed E-state index contributed by atoms with van der Waals surface area (Å²) in [5, 5.41) is 5.46. The fourth-order valence-corrected chi connectivity index (χ4v) is 2.15. The van der Waals surface area contributed by atoms with E-state index in [2.05, 4.69) is 5.16 Å². The van der Waals surface area contributed by atoms with Gasteiger partial charge in [-0.25, -0.2) is 0 Å². The van der Waals surface area contributed by atoms with Crippen LogP contribution < -0.4 is 5.73 Å². The maximum Gasteiger partial charge on any atom is 0.185 e. The zero-order chi connectivity index (χ0) is 12.0. The van der Waals surface area contributed by atoms with E-state index in [1.165, 1.54) is 0 Å². The third-order valence-corrected chi connectivity index (χ3v) is 3.02. The zero-order valence-corrected chi connectivity index (χ0v) is 9.90. The second-order valence-electron chi connectivity index (χ2n) is 3.91. The number of benzene rings is 1. The van der Waals surface area contributed by atoms with Crippen molar-refractivity contribution in [2.45, 2.75) is 0 Å². The second kappa shape index (κ2) is 3.53. The number of hydrogen-bond donors (Lipinski definition) is 1. The molecule has 0 saturated heterocycles. The van der Waals surface area contributed by atoms with Gasteiger partial charge in [0.2, 0.25) is 0 Å². The molecule has 0 aliphatic rings. The van der Waals surface area contributed by atoms with Crippen molar-refractivity contribution in [1.82, 2.24) is 9.72 Å². The number of nitrogens with two attached hydrogens (primary N) is 1. The summed E-state index contributed by atoms with van der Waals surface area (Å²) in [6.45, 7) is 0. The molecule has 0 aliphatic carbocycles. The fraction of sp³-hybridized carbons (Fsp3) is 0.0833. The highest BCUT2D eigenvalue weighted by Gasteiger charge is 2.12. The SMILES string of the molecule is Cn1c(-c2cc(N)no2)cc2cc(Cl)ccc21. The minimum atomic E-state index is 0.378. The maximum absolute atomic E-state index is 5.97. The summed E-state index contributed by atoms with van der Waals surface area (Å²) in [5.41, 5.74) is 7.55. The van der Waals surface area contributed by atoms with Crippen LogP contribution in [0.25, 0.3) is 22.4 Å². The van der Waals surface area contributed by atoms with Crippen molar-refractivity contribution in [3.8, 4) is 11.5 Å². The molecule has 0 spiro atoms. The smallest absolute Gasteiger partial charge is 0.185 e. The number of anilines is 1. The highest BCUT2D eigenvalue weighted by Crippen LogP contribution is 2.29. The van der Waals surface area contributed by atoms with Crippen LogP contribution in [0.1, 0.15) is 0 Å². The summed E-state index contributed by atoms with van der Waals surface area (Å²) in [5.74, 6) is 1.03. The molecule has 5 heteroatoms. The number of nitrogen functional groups attached to an aromatic ring is 1. The third-order valence-electron chi connectivity index (χ3n) is 2.79. The summed E-state index contributed by atoms with van der Waals surface area (Å²) < 4.78 is 7.18. The summed E-state index contributed by atoms with van der Waals surface area (Å²) in [6.07, 6.45) is 0. The Morgan fingerprint density at radius 2 is 2.12 bits per heavy atom. The number of rotatable bonds is 1. The van der Waals surface area contributed by atoms with Gasteiger partial charge >= 0.3 is 0 Å². The molecule has 0 fully saturated rings. The van der Waals surface area contributed by atoms with Crippen molar-refractivity contribution < 1.29 is 4.52 Å². The molecule has 0 atom stereocenters. The Bertz CT molecular complexity index is 699. The fourth-order valence-electron chi connectivity index (χ4n) is 1.97. The quantitative estimate of drug-likeness (QED) is 0.719. The predicted octanol–water partition coefficient (Wildman–Crippen LogP) is 3.07. The summed E-state index contributed by atoms with van der Waals surface area (Å²) in [6, 6.07) is 9.46. The van der Waals surface area contributed by atoms with Crippen LogP contribution in [0, 0.1) is 0 Å². The van der Waals surface area contributed by atoms with Crippen LogP contribution in [-0.4, -0.2) is 9.72 Å². The minimum Gasteiger partial charge on any atom is -0.381 e. The number of fused-ring (bicyclic) bond motifs is 1.